The number of pyridine rings is 1. The van der Waals surface area contributed by atoms with Gasteiger partial charge in [-0.15, -0.1) is 0 Å². The third-order valence-corrected chi connectivity index (χ3v) is 11.0. The van der Waals surface area contributed by atoms with E-state index in [0.29, 0.717) is 30.2 Å². The molecule has 3 aliphatic carbocycles. The summed E-state index contributed by atoms with van der Waals surface area (Å²) in [5.41, 5.74) is 2.38. The van der Waals surface area contributed by atoms with E-state index in [1.807, 2.05) is 24.4 Å². The molecule has 2 aromatic carbocycles. The number of aromatic hydroxyl groups is 1. The minimum atomic E-state index is -2.91. The van der Waals surface area contributed by atoms with Crippen molar-refractivity contribution >= 4 is 5.82 Å². The molecule has 1 N–H and O–H groups in total. The topological polar surface area (TPSA) is 39.6 Å². The number of phenols is 1. The summed E-state index contributed by atoms with van der Waals surface area (Å²) in [6.07, 6.45) is 6.52. The number of hydrogen-bond donors (Lipinski definition) is 1. The van der Waals surface area contributed by atoms with E-state index >= 15 is 8.78 Å². The molecule has 7 rings (SSSR count). The number of piperidine rings is 1. The molecule has 3 fully saturated rings. The average Bonchev–Trinajstić information content (AvgIpc) is 3.12. The van der Waals surface area contributed by atoms with Crippen LogP contribution in [0.3, 0.4) is 0 Å². The maximum Gasteiger partial charge on any atom is 0.285 e. The van der Waals surface area contributed by atoms with Gasteiger partial charge in [0, 0.05) is 36.3 Å². The summed E-state index contributed by atoms with van der Waals surface area (Å²) in [5, 5.41) is 10.7. The lowest BCUT2D eigenvalue weighted by Crippen LogP contribution is -2.70. The van der Waals surface area contributed by atoms with Crippen molar-refractivity contribution in [2.75, 3.05) is 25.0 Å². The molecule has 4 nitrogen and oxygen atoms in total. The van der Waals surface area contributed by atoms with Crippen molar-refractivity contribution in [2.24, 2.45) is 17.3 Å². The monoisotopic (exact) mass is 529 g/mol. The number of halogens is 2. The third kappa shape index (κ3) is 3.46. The molecule has 4 aliphatic rings. The van der Waals surface area contributed by atoms with Crippen LogP contribution in [0.1, 0.15) is 49.3 Å². The van der Waals surface area contributed by atoms with Gasteiger partial charge in [0.2, 0.25) is 0 Å². The fourth-order valence-electron chi connectivity index (χ4n) is 9.82. The van der Waals surface area contributed by atoms with Crippen LogP contribution >= 0.6 is 0 Å². The molecule has 5 unspecified atom stereocenters. The minimum absolute atomic E-state index is 0.0615. The zero-order chi connectivity index (χ0) is 27.0. The Kier molecular flexibility index (Phi) is 5.61. The molecule has 4 bridgehead atoms. The molecule has 0 amide bonds. The SMILES string of the molecule is C[C@H]1CC23CCC(N(C)c4ccccn4)C1C21CCN(CC(F)(F)c2ccccc2)C3Cc2ccc(O)cc21. The van der Waals surface area contributed by atoms with Gasteiger partial charge in [-0.25, -0.2) is 4.98 Å². The van der Waals surface area contributed by atoms with Gasteiger partial charge in [0.1, 0.15) is 11.6 Å². The average molecular weight is 530 g/mol. The molecule has 2 saturated carbocycles. The second-order valence-electron chi connectivity index (χ2n) is 12.6. The molecule has 204 valence electrons. The molecular formula is C33H37F2N3O. The van der Waals surface area contributed by atoms with E-state index in [-0.39, 0.29) is 29.0 Å². The zero-order valence-corrected chi connectivity index (χ0v) is 22.7. The standard InChI is InChI=1S/C33H37F2N3O/c1-22-20-31-14-13-27(37(2)29-10-6-7-16-36-29)30(22)32(31)15-17-38(21-33(34,35)24-8-4-3-5-9-24)28(31)18-23-11-12-25(39)19-26(23)32/h3-12,16,19,22,27-28,30,39H,13-15,17-18,20-21H2,1-2H3/t22-,27?,28?,30?,31?,32?/m0/s1. The number of phenolic OH excluding ortho intramolecular Hbond substituents is 1. The van der Waals surface area contributed by atoms with Crippen LogP contribution in [0.2, 0.25) is 0 Å². The summed E-state index contributed by atoms with van der Waals surface area (Å²) < 4.78 is 31.4. The summed E-state index contributed by atoms with van der Waals surface area (Å²) in [6.45, 7) is 2.78. The van der Waals surface area contributed by atoms with E-state index in [0.717, 1.165) is 37.9 Å². The van der Waals surface area contributed by atoms with Gasteiger partial charge in [-0.1, -0.05) is 49.4 Å². The fraction of sp³-hybridized carbons (Fsp3) is 0.485. The zero-order valence-electron chi connectivity index (χ0n) is 22.7. The van der Waals surface area contributed by atoms with E-state index in [1.165, 1.54) is 11.1 Å². The van der Waals surface area contributed by atoms with Crippen molar-refractivity contribution in [1.82, 2.24) is 9.88 Å². The first-order valence-corrected chi connectivity index (χ1v) is 14.4. The highest BCUT2D eigenvalue weighted by molar-refractivity contribution is 5.51. The normalized spacial score (nSPS) is 33.3. The first-order valence-electron chi connectivity index (χ1n) is 14.4. The van der Waals surface area contributed by atoms with Crippen molar-refractivity contribution < 1.29 is 13.9 Å². The van der Waals surface area contributed by atoms with Crippen molar-refractivity contribution in [3.8, 4) is 5.75 Å². The number of likely N-dealkylation sites (tertiary alicyclic amines) is 1. The third-order valence-electron chi connectivity index (χ3n) is 11.0. The van der Waals surface area contributed by atoms with E-state index < -0.39 is 5.92 Å². The van der Waals surface area contributed by atoms with Crippen LogP contribution < -0.4 is 4.90 Å². The molecule has 1 saturated heterocycles. The van der Waals surface area contributed by atoms with Gasteiger partial charge in [-0.2, -0.15) is 8.78 Å². The van der Waals surface area contributed by atoms with E-state index in [9.17, 15) is 5.11 Å². The van der Waals surface area contributed by atoms with E-state index in [2.05, 4.69) is 40.9 Å². The predicted molar refractivity (Wildman–Crippen MR) is 149 cm³/mol. The molecule has 1 aliphatic heterocycles. The molecular weight excluding hydrogens is 492 g/mol. The lowest BCUT2D eigenvalue weighted by atomic mass is 9.43. The summed E-state index contributed by atoms with van der Waals surface area (Å²) in [7, 11) is 2.17. The highest BCUT2D eigenvalue weighted by atomic mass is 19.3. The number of alkyl halides is 2. The molecule has 2 heterocycles. The summed E-state index contributed by atoms with van der Waals surface area (Å²) in [6, 6.07) is 20.6. The highest BCUT2D eigenvalue weighted by Gasteiger charge is 2.73. The van der Waals surface area contributed by atoms with Crippen molar-refractivity contribution in [3.63, 3.8) is 0 Å². The number of aromatic nitrogens is 1. The van der Waals surface area contributed by atoms with Crippen LogP contribution in [0.4, 0.5) is 14.6 Å². The number of nitrogens with zero attached hydrogens (tertiary/aromatic N) is 3. The molecule has 6 atom stereocenters. The second kappa shape index (κ2) is 8.76. The number of rotatable bonds is 5. The van der Waals surface area contributed by atoms with Gasteiger partial charge < -0.3 is 10.0 Å². The fourth-order valence-corrected chi connectivity index (χ4v) is 9.82. The first kappa shape index (κ1) is 25.0. The van der Waals surface area contributed by atoms with Gasteiger partial charge in [-0.3, -0.25) is 4.90 Å². The van der Waals surface area contributed by atoms with Crippen molar-refractivity contribution in [3.05, 3.63) is 89.6 Å². The summed E-state index contributed by atoms with van der Waals surface area (Å²) >= 11 is 0. The number of fused-ring (bicyclic) bond motifs is 1. The molecule has 3 aromatic rings. The highest BCUT2D eigenvalue weighted by Crippen LogP contribution is 2.74. The first-order chi connectivity index (χ1) is 18.8. The lowest BCUT2D eigenvalue weighted by Gasteiger charge is -2.67. The van der Waals surface area contributed by atoms with Gasteiger partial charge in [0.05, 0.1) is 6.54 Å². The van der Waals surface area contributed by atoms with Gasteiger partial charge in [-0.05, 0) is 91.3 Å². The van der Waals surface area contributed by atoms with Crippen LogP contribution in [0.5, 0.6) is 5.75 Å². The molecule has 1 aromatic heterocycles. The van der Waals surface area contributed by atoms with Crippen molar-refractivity contribution in [1.29, 1.82) is 0 Å². The Hall–Kier alpha value is -2.99. The van der Waals surface area contributed by atoms with Gasteiger partial charge in [0.15, 0.2) is 0 Å². The Balaban J connectivity index is 1.33. The maximum atomic E-state index is 15.7. The Morgan fingerprint density at radius 2 is 1.87 bits per heavy atom. The lowest BCUT2D eigenvalue weighted by molar-refractivity contribution is -0.128. The number of benzene rings is 2. The van der Waals surface area contributed by atoms with Crippen LogP contribution in [-0.2, 0) is 17.8 Å². The molecule has 0 spiro atoms. The van der Waals surface area contributed by atoms with E-state index in [1.54, 1.807) is 36.4 Å². The Morgan fingerprint density at radius 1 is 1.08 bits per heavy atom. The van der Waals surface area contributed by atoms with Crippen LogP contribution in [-0.4, -0.2) is 47.2 Å². The van der Waals surface area contributed by atoms with Gasteiger partial charge in [0.25, 0.3) is 5.92 Å². The Bertz CT molecular complexity index is 1370. The molecule has 0 radical (unpaired) electrons. The van der Waals surface area contributed by atoms with Crippen LogP contribution in [0, 0.1) is 17.3 Å². The van der Waals surface area contributed by atoms with Gasteiger partial charge >= 0.3 is 0 Å². The smallest absolute Gasteiger partial charge is 0.285 e. The molecule has 39 heavy (non-hydrogen) atoms. The van der Waals surface area contributed by atoms with Crippen molar-refractivity contribution in [2.45, 2.75) is 62.4 Å². The summed E-state index contributed by atoms with van der Waals surface area (Å²) in [4.78, 5) is 9.18. The van der Waals surface area contributed by atoms with Crippen LogP contribution in [0.25, 0.3) is 0 Å². The minimum Gasteiger partial charge on any atom is -0.508 e. The second-order valence-corrected chi connectivity index (χ2v) is 12.6. The van der Waals surface area contributed by atoms with E-state index in [4.69, 9.17) is 0 Å². The number of anilines is 1. The molecule has 6 heteroatoms. The number of hydrogen-bond acceptors (Lipinski definition) is 4. The Morgan fingerprint density at radius 3 is 2.64 bits per heavy atom. The quantitative estimate of drug-likeness (QED) is 0.416. The van der Waals surface area contributed by atoms with Crippen LogP contribution in [0.15, 0.2) is 72.9 Å². The Labute approximate surface area is 229 Å². The summed E-state index contributed by atoms with van der Waals surface area (Å²) in [5.74, 6) is -0.823. The largest absolute Gasteiger partial charge is 0.508 e. The predicted octanol–water partition coefficient (Wildman–Crippen LogP) is 6.39. The maximum absolute atomic E-state index is 15.7.